The van der Waals surface area contributed by atoms with Crippen LogP contribution >= 0.6 is 0 Å². The summed E-state index contributed by atoms with van der Waals surface area (Å²) in [6.45, 7) is 0.331. The van der Waals surface area contributed by atoms with Crippen molar-refractivity contribution in [1.29, 1.82) is 0 Å². The topological polar surface area (TPSA) is 91.4 Å². The fourth-order valence-electron chi connectivity index (χ4n) is 3.43. The van der Waals surface area contributed by atoms with Crippen LogP contribution in [0.3, 0.4) is 0 Å². The predicted octanol–water partition coefficient (Wildman–Crippen LogP) is 3.01. The Morgan fingerprint density at radius 3 is 1.94 bits per heavy atom. The summed E-state index contributed by atoms with van der Waals surface area (Å²) < 4.78 is 44.8. The number of ether oxygens (including phenoxy) is 4. The number of hydrogen-bond donors (Lipinski definition) is 0. The van der Waals surface area contributed by atoms with Crippen molar-refractivity contribution in [3.8, 4) is 23.0 Å². The maximum Gasteiger partial charge on any atom is 0.253 e. The zero-order valence-electron chi connectivity index (χ0n) is 19.4. The summed E-state index contributed by atoms with van der Waals surface area (Å²) in [6, 6.07) is 10.6. The first-order chi connectivity index (χ1) is 15.1. The number of nitrogens with zero attached hydrogens (tertiary/aromatic N) is 1. The minimum atomic E-state index is -3.15. The Bertz CT molecular complexity index is 994. The first kappa shape index (κ1) is 25.3. The molecule has 32 heavy (non-hydrogen) atoms. The van der Waals surface area contributed by atoms with Crippen LogP contribution in [0.1, 0.15) is 28.3 Å². The second kappa shape index (κ2) is 11.1. The van der Waals surface area contributed by atoms with Crippen molar-refractivity contribution >= 4 is 15.7 Å². The number of rotatable bonds is 11. The summed E-state index contributed by atoms with van der Waals surface area (Å²) in [5, 5.41) is 0. The molecule has 0 spiro atoms. The number of hydrogen-bond acceptors (Lipinski definition) is 7. The highest BCUT2D eigenvalue weighted by Crippen LogP contribution is 2.38. The lowest BCUT2D eigenvalue weighted by Gasteiger charge is -2.25. The van der Waals surface area contributed by atoms with Crippen LogP contribution < -0.4 is 18.9 Å². The lowest BCUT2D eigenvalue weighted by Crippen LogP contribution is -2.32. The van der Waals surface area contributed by atoms with Crippen LogP contribution in [0, 0.1) is 0 Å². The molecule has 1 unspecified atom stereocenters. The second-order valence-corrected chi connectivity index (χ2v) is 9.75. The first-order valence-electron chi connectivity index (χ1n) is 10.0. The SMILES string of the molecule is COc1ccc(C(CCS(C)(=O)=O)CN(C)C(=O)c2cc(OC)c(OC)c(OC)c2)cc1. The van der Waals surface area contributed by atoms with E-state index < -0.39 is 9.84 Å². The van der Waals surface area contributed by atoms with E-state index in [1.54, 1.807) is 31.2 Å². The standard InChI is InChI=1S/C23H31NO7S/c1-24(23(25)18-13-20(29-3)22(31-5)21(14-18)30-4)15-17(11-12-32(6,26)27)16-7-9-19(28-2)10-8-16/h7-10,13-14,17H,11-12,15H2,1-6H3. The van der Waals surface area contributed by atoms with Gasteiger partial charge >= 0.3 is 0 Å². The van der Waals surface area contributed by atoms with E-state index in [0.717, 1.165) is 5.56 Å². The van der Waals surface area contributed by atoms with Crippen molar-refractivity contribution in [3.05, 3.63) is 47.5 Å². The summed E-state index contributed by atoms with van der Waals surface area (Å²) >= 11 is 0. The molecule has 0 aromatic heterocycles. The summed E-state index contributed by atoms with van der Waals surface area (Å²) in [5.41, 5.74) is 1.30. The Kier molecular flexibility index (Phi) is 8.77. The summed E-state index contributed by atoms with van der Waals surface area (Å²) in [4.78, 5) is 14.8. The third-order valence-electron chi connectivity index (χ3n) is 5.18. The molecule has 0 aliphatic carbocycles. The van der Waals surface area contributed by atoms with Gasteiger partial charge in [-0.15, -0.1) is 0 Å². The molecule has 2 aromatic rings. The van der Waals surface area contributed by atoms with Crippen molar-refractivity contribution in [3.63, 3.8) is 0 Å². The Labute approximate surface area is 190 Å². The van der Waals surface area contributed by atoms with Crippen LogP contribution in [0.15, 0.2) is 36.4 Å². The highest BCUT2D eigenvalue weighted by molar-refractivity contribution is 7.90. The van der Waals surface area contributed by atoms with Gasteiger partial charge in [-0.05, 0) is 36.2 Å². The molecular weight excluding hydrogens is 434 g/mol. The molecule has 8 nitrogen and oxygen atoms in total. The van der Waals surface area contributed by atoms with Gasteiger partial charge in [-0.2, -0.15) is 0 Å². The van der Waals surface area contributed by atoms with Crippen LogP contribution in [0.5, 0.6) is 23.0 Å². The number of benzene rings is 2. The van der Waals surface area contributed by atoms with E-state index in [1.165, 1.54) is 27.6 Å². The van der Waals surface area contributed by atoms with Crippen molar-refractivity contribution in [1.82, 2.24) is 4.90 Å². The fourth-order valence-corrected chi connectivity index (χ4v) is 4.15. The average Bonchev–Trinajstić information content (AvgIpc) is 2.79. The van der Waals surface area contributed by atoms with Gasteiger partial charge in [0.05, 0.1) is 34.2 Å². The highest BCUT2D eigenvalue weighted by Gasteiger charge is 2.23. The van der Waals surface area contributed by atoms with Gasteiger partial charge < -0.3 is 23.8 Å². The number of amides is 1. The summed E-state index contributed by atoms with van der Waals surface area (Å²) in [5.74, 6) is 1.47. The van der Waals surface area contributed by atoms with Gasteiger partial charge in [0.25, 0.3) is 5.91 Å². The van der Waals surface area contributed by atoms with Crippen molar-refractivity contribution < 1.29 is 32.2 Å². The number of carbonyl (C=O) groups is 1. The monoisotopic (exact) mass is 465 g/mol. The van der Waals surface area contributed by atoms with E-state index in [2.05, 4.69) is 0 Å². The van der Waals surface area contributed by atoms with Gasteiger partial charge in [0.1, 0.15) is 15.6 Å². The third-order valence-corrected chi connectivity index (χ3v) is 6.15. The normalized spacial score (nSPS) is 12.1. The molecule has 0 saturated heterocycles. The van der Waals surface area contributed by atoms with Gasteiger partial charge in [-0.3, -0.25) is 4.79 Å². The maximum atomic E-state index is 13.2. The van der Waals surface area contributed by atoms with E-state index in [9.17, 15) is 13.2 Å². The second-order valence-electron chi connectivity index (χ2n) is 7.49. The minimum absolute atomic E-state index is 0.0237. The number of likely N-dealkylation sites (N-methyl/N-ethyl adjacent to an activating group) is 1. The molecule has 0 radical (unpaired) electrons. The van der Waals surface area contributed by atoms with Crippen molar-refractivity contribution in [2.45, 2.75) is 12.3 Å². The smallest absolute Gasteiger partial charge is 0.253 e. The van der Waals surface area contributed by atoms with E-state index in [1.807, 2.05) is 24.3 Å². The quantitative estimate of drug-likeness (QED) is 0.504. The van der Waals surface area contributed by atoms with Gasteiger partial charge in [0.15, 0.2) is 11.5 Å². The molecule has 2 aromatic carbocycles. The van der Waals surface area contributed by atoms with Crippen LogP contribution in [0.2, 0.25) is 0 Å². The van der Waals surface area contributed by atoms with E-state index in [0.29, 0.717) is 41.5 Å². The van der Waals surface area contributed by atoms with E-state index >= 15 is 0 Å². The fraction of sp³-hybridized carbons (Fsp3) is 0.435. The molecule has 176 valence electrons. The molecule has 0 aliphatic heterocycles. The van der Waals surface area contributed by atoms with E-state index in [-0.39, 0.29) is 17.6 Å². The zero-order chi connectivity index (χ0) is 23.9. The molecule has 0 fully saturated rings. The molecule has 1 atom stereocenters. The van der Waals surface area contributed by atoms with Crippen LogP contribution in [-0.2, 0) is 9.84 Å². The van der Waals surface area contributed by atoms with Gasteiger partial charge in [-0.1, -0.05) is 12.1 Å². The molecule has 0 aliphatic rings. The molecule has 1 amide bonds. The highest BCUT2D eigenvalue weighted by atomic mass is 32.2. The summed E-state index contributed by atoms with van der Waals surface area (Å²) in [6.07, 6.45) is 1.60. The number of sulfone groups is 1. The molecule has 0 saturated carbocycles. The van der Waals surface area contributed by atoms with Gasteiger partial charge in [-0.25, -0.2) is 8.42 Å². The molecule has 0 heterocycles. The number of methoxy groups -OCH3 is 4. The maximum absolute atomic E-state index is 13.2. The Balaban J connectivity index is 2.31. The Morgan fingerprint density at radius 2 is 1.50 bits per heavy atom. The lowest BCUT2D eigenvalue weighted by atomic mass is 9.95. The first-order valence-corrected chi connectivity index (χ1v) is 12.1. The van der Waals surface area contributed by atoms with Crippen molar-refractivity contribution in [2.75, 3.05) is 54.0 Å². The van der Waals surface area contributed by atoms with Gasteiger partial charge in [0.2, 0.25) is 5.75 Å². The van der Waals surface area contributed by atoms with Crippen LogP contribution in [-0.4, -0.2) is 73.3 Å². The number of carbonyl (C=O) groups excluding carboxylic acids is 1. The van der Waals surface area contributed by atoms with Gasteiger partial charge in [0, 0.05) is 31.3 Å². The zero-order valence-corrected chi connectivity index (χ0v) is 20.2. The molecule has 2 rings (SSSR count). The molecule has 0 bridgehead atoms. The molecular formula is C23H31NO7S. The minimum Gasteiger partial charge on any atom is -0.497 e. The Hall–Kier alpha value is -2.94. The summed E-state index contributed by atoms with van der Waals surface area (Å²) in [7, 11) is 4.59. The third kappa shape index (κ3) is 6.53. The Morgan fingerprint density at radius 1 is 0.938 bits per heavy atom. The van der Waals surface area contributed by atoms with Crippen LogP contribution in [0.4, 0.5) is 0 Å². The predicted molar refractivity (Wildman–Crippen MR) is 123 cm³/mol. The average molecular weight is 466 g/mol. The molecule has 9 heteroatoms. The van der Waals surface area contributed by atoms with Crippen molar-refractivity contribution in [2.24, 2.45) is 0 Å². The van der Waals surface area contributed by atoms with Crippen LogP contribution in [0.25, 0.3) is 0 Å². The lowest BCUT2D eigenvalue weighted by molar-refractivity contribution is 0.0784. The van der Waals surface area contributed by atoms with E-state index in [4.69, 9.17) is 18.9 Å². The molecule has 0 N–H and O–H groups in total. The largest absolute Gasteiger partial charge is 0.497 e.